The molecule has 0 aromatic heterocycles. The van der Waals surface area contributed by atoms with E-state index in [9.17, 15) is 14.3 Å². The first kappa shape index (κ1) is 12.0. The van der Waals surface area contributed by atoms with Crippen molar-refractivity contribution in [2.45, 2.75) is 19.3 Å². The van der Waals surface area contributed by atoms with E-state index >= 15 is 0 Å². The molecule has 0 aliphatic rings. The maximum atomic E-state index is 13.0. The Balaban J connectivity index is 3.05. The number of aliphatic carboxylic acids is 1. The van der Waals surface area contributed by atoms with Crippen LogP contribution in [0.3, 0.4) is 0 Å². The molecule has 1 aromatic carbocycles. The highest BCUT2D eigenvalue weighted by atomic mass is 79.9. The Morgan fingerprint density at radius 3 is 2.73 bits per heavy atom. The largest absolute Gasteiger partial charge is 0.506 e. The van der Waals surface area contributed by atoms with Gasteiger partial charge in [-0.05, 0) is 33.5 Å². The van der Waals surface area contributed by atoms with Gasteiger partial charge >= 0.3 is 5.97 Å². The number of carboxylic acid groups (broad SMARTS) is 1. The zero-order valence-corrected chi connectivity index (χ0v) is 9.58. The van der Waals surface area contributed by atoms with E-state index in [0.29, 0.717) is 5.56 Å². The number of phenolic OH excluding ortho intramolecular Hbond substituents is 1. The summed E-state index contributed by atoms with van der Waals surface area (Å²) in [5.41, 5.74) is 0.422. The van der Waals surface area contributed by atoms with E-state index in [1.54, 1.807) is 6.92 Å². The molecule has 0 aliphatic heterocycles. The van der Waals surface area contributed by atoms with Gasteiger partial charge in [0.05, 0.1) is 10.9 Å². The van der Waals surface area contributed by atoms with Gasteiger partial charge in [-0.1, -0.05) is 13.0 Å². The number of rotatable bonds is 3. The van der Waals surface area contributed by atoms with Crippen LogP contribution in [0.1, 0.15) is 24.8 Å². The van der Waals surface area contributed by atoms with E-state index < -0.39 is 11.8 Å². The minimum atomic E-state index is -0.956. The maximum Gasteiger partial charge on any atom is 0.303 e. The summed E-state index contributed by atoms with van der Waals surface area (Å²) in [4.78, 5) is 10.5. The summed E-state index contributed by atoms with van der Waals surface area (Å²) in [5.74, 6) is -2.12. The van der Waals surface area contributed by atoms with Gasteiger partial charge in [-0.15, -0.1) is 0 Å². The predicted octanol–water partition coefficient (Wildman–Crippen LogP) is 2.87. The molecular weight excluding hydrogens is 267 g/mol. The fourth-order valence-corrected chi connectivity index (χ4v) is 1.69. The van der Waals surface area contributed by atoms with Crippen molar-refractivity contribution in [2.24, 2.45) is 0 Å². The molecule has 0 saturated carbocycles. The molecule has 1 atom stereocenters. The van der Waals surface area contributed by atoms with E-state index in [1.807, 2.05) is 0 Å². The van der Waals surface area contributed by atoms with Crippen molar-refractivity contribution in [1.29, 1.82) is 0 Å². The molecule has 0 spiro atoms. The summed E-state index contributed by atoms with van der Waals surface area (Å²) in [6.07, 6.45) is -0.106. The first-order valence-electron chi connectivity index (χ1n) is 4.32. The second-order valence-electron chi connectivity index (χ2n) is 3.30. The molecule has 15 heavy (non-hydrogen) atoms. The van der Waals surface area contributed by atoms with Crippen molar-refractivity contribution in [3.05, 3.63) is 28.0 Å². The molecule has 0 radical (unpaired) electrons. The van der Waals surface area contributed by atoms with Gasteiger partial charge in [0.1, 0.15) is 11.6 Å². The summed E-state index contributed by atoms with van der Waals surface area (Å²) in [6.45, 7) is 1.66. The van der Waals surface area contributed by atoms with E-state index in [4.69, 9.17) is 5.11 Å². The van der Waals surface area contributed by atoms with Crippen LogP contribution in [0, 0.1) is 5.82 Å². The average molecular weight is 277 g/mol. The van der Waals surface area contributed by atoms with Crippen LogP contribution < -0.4 is 0 Å². The van der Waals surface area contributed by atoms with Gasteiger partial charge in [0.2, 0.25) is 0 Å². The Labute approximate surface area is 94.7 Å². The van der Waals surface area contributed by atoms with Crippen LogP contribution >= 0.6 is 15.9 Å². The Hall–Kier alpha value is -1.10. The summed E-state index contributed by atoms with van der Waals surface area (Å²) in [5, 5.41) is 18.2. The monoisotopic (exact) mass is 276 g/mol. The predicted molar refractivity (Wildman–Crippen MR) is 56.4 cm³/mol. The molecule has 1 rings (SSSR count). The minimum Gasteiger partial charge on any atom is -0.506 e. The number of carbonyl (C=O) groups is 1. The van der Waals surface area contributed by atoms with Crippen molar-refractivity contribution < 1.29 is 19.4 Å². The highest BCUT2D eigenvalue weighted by Crippen LogP contribution is 2.35. The molecule has 1 unspecified atom stereocenters. The first-order chi connectivity index (χ1) is 6.93. The van der Waals surface area contributed by atoms with Crippen LogP contribution in [0.2, 0.25) is 0 Å². The number of hydrogen-bond acceptors (Lipinski definition) is 2. The average Bonchev–Trinajstić information content (AvgIpc) is 2.13. The second-order valence-corrected chi connectivity index (χ2v) is 4.09. The minimum absolute atomic E-state index is 0.0303. The topological polar surface area (TPSA) is 57.5 Å². The zero-order valence-electron chi connectivity index (χ0n) is 8.00. The lowest BCUT2D eigenvalue weighted by Crippen LogP contribution is -2.03. The fraction of sp³-hybridized carbons (Fsp3) is 0.300. The normalized spacial score (nSPS) is 12.5. The van der Waals surface area contributed by atoms with Crippen LogP contribution in [0.15, 0.2) is 16.6 Å². The molecule has 82 valence electrons. The SMILES string of the molecule is CC(CC(=O)O)c1ccc(F)c(Br)c1O. The summed E-state index contributed by atoms with van der Waals surface area (Å²) in [6, 6.07) is 2.58. The zero-order chi connectivity index (χ0) is 11.6. The van der Waals surface area contributed by atoms with Crippen LogP contribution in [0.4, 0.5) is 4.39 Å². The van der Waals surface area contributed by atoms with E-state index in [1.165, 1.54) is 12.1 Å². The molecule has 2 N–H and O–H groups in total. The van der Waals surface area contributed by atoms with Gasteiger partial charge in [0.25, 0.3) is 0 Å². The van der Waals surface area contributed by atoms with Gasteiger partial charge in [0.15, 0.2) is 0 Å². The Kier molecular flexibility index (Phi) is 3.68. The Morgan fingerprint density at radius 2 is 2.20 bits per heavy atom. The second kappa shape index (κ2) is 4.61. The van der Waals surface area contributed by atoms with Gasteiger partial charge in [-0.2, -0.15) is 0 Å². The molecule has 0 aliphatic carbocycles. The molecule has 0 amide bonds. The van der Waals surface area contributed by atoms with E-state index in [-0.39, 0.29) is 22.6 Å². The molecule has 5 heteroatoms. The van der Waals surface area contributed by atoms with Gasteiger partial charge < -0.3 is 10.2 Å². The lowest BCUT2D eigenvalue weighted by atomic mass is 9.97. The fourth-order valence-electron chi connectivity index (χ4n) is 1.32. The third-order valence-corrected chi connectivity index (χ3v) is 2.87. The standard InChI is InChI=1S/C10H10BrFO3/c1-5(4-8(13)14)6-2-3-7(12)9(11)10(6)15/h2-3,5,15H,4H2,1H3,(H,13,14). The highest BCUT2D eigenvalue weighted by molar-refractivity contribution is 9.10. The van der Waals surface area contributed by atoms with Crippen molar-refractivity contribution in [3.8, 4) is 5.75 Å². The van der Waals surface area contributed by atoms with Crippen LogP contribution in [-0.4, -0.2) is 16.2 Å². The maximum absolute atomic E-state index is 13.0. The molecule has 1 aromatic rings. The van der Waals surface area contributed by atoms with Crippen molar-refractivity contribution >= 4 is 21.9 Å². The van der Waals surface area contributed by atoms with Crippen molar-refractivity contribution in [3.63, 3.8) is 0 Å². The first-order valence-corrected chi connectivity index (χ1v) is 5.11. The lowest BCUT2D eigenvalue weighted by Gasteiger charge is -2.12. The van der Waals surface area contributed by atoms with Gasteiger partial charge in [0, 0.05) is 0 Å². The number of phenols is 1. The summed E-state index contributed by atoms with van der Waals surface area (Å²) in [7, 11) is 0. The third kappa shape index (κ3) is 2.68. The van der Waals surface area contributed by atoms with Crippen molar-refractivity contribution in [2.75, 3.05) is 0 Å². The number of hydrogen-bond donors (Lipinski definition) is 2. The number of halogens is 2. The van der Waals surface area contributed by atoms with Crippen LogP contribution in [0.25, 0.3) is 0 Å². The van der Waals surface area contributed by atoms with Crippen LogP contribution in [0.5, 0.6) is 5.75 Å². The quantitative estimate of drug-likeness (QED) is 0.893. The lowest BCUT2D eigenvalue weighted by molar-refractivity contribution is -0.137. The number of aromatic hydroxyl groups is 1. The molecule has 0 saturated heterocycles. The van der Waals surface area contributed by atoms with E-state index in [2.05, 4.69) is 15.9 Å². The van der Waals surface area contributed by atoms with E-state index in [0.717, 1.165) is 0 Å². The highest BCUT2D eigenvalue weighted by Gasteiger charge is 2.17. The smallest absolute Gasteiger partial charge is 0.303 e. The molecule has 3 nitrogen and oxygen atoms in total. The number of benzene rings is 1. The van der Waals surface area contributed by atoms with Gasteiger partial charge in [-0.3, -0.25) is 4.79 Å². The van der Waals surface area contributed by atoms with Crippen LogP contribution in [-0.2, 0) is 4.79 Å². The summed E-state index contributed by atoms with van der Waals surface area (Å²) >= 11 is 2.89. The Bertz CT molecular complexity index is 392. The molecule has 0 fully saturated rings. The molecular formula is C10H10BrFO3. The van der Waals surface area contributed by atoms with Gasteiger partial charge in [-0.25, -0.2) is 4.39 Å². The third-order valence-electron chi connectivity index (χ3n) is 2.11. The molecule has 0 bridgehead atoms. The molecule has 0 heterocycles. The number of carboxylic acids is 1. The van der Waals surface area contributed by atoms with Crippen molar-refractivity contribution in [1.82, 2.24) is 0 Å². The summed E-state index contributed by atoms with van der Waals surface area (Å²) < 4.78 is 12.9. The Morgan fingerprint density at radius 1 is 1.60 bits per heavy atom.